The molecule has 0 atom stereocenters. The average molecular weight is 303 g/mol. The van der Waals surface area contributed by atoms with Gasteiger partial charge < -0.3 is 16.0 Å². The maximum Gasteiger partial charge on any atom is 0.263 e. The third kappa shape index (κ3) is 2.89. The summed E-state index contributed by atoms with van der Waals surface area (Å²) in [6.45, 7) is 3.60. The predicted octanol–water partition coefficient (Wildman–Crippen LogP) is 2.62. The third-order valence-corrected chi connectivity index (χ3v) is 5.43. The number of carbonyl (C=O) groups is 1. The summed E-state index contributed by atoms with van der Waals surface area (Å²) in [7, 11) is 2.11. The van der Waals surface area contributed by atoms with Crippen LogP contribution < -0.4 is 11.1 Å². The van der Waals surface area contributed by atoms with Crippen LogP contribution in [0.5, 0.6) is 0 Å². The number of hydrogen-bond donors (Lipinski definition) is 2. The van der Waals surface area contributed by atoms with Crippen LogP contribution in [0.4, 0.5) is 5.69 Å². The molecule has 112 valence electrons. The highest BCUT2D eigenvalue weighted by atomic mass is 32.1. The summed E-state index contributed by atoms with van der Waals surface area (Å²) < 4.78 is 1.11. The zero-order chi connectivity index (χ0) is 15.0. The van der Waals surface area contributed by atoms with E-state index in [1.807, 2.05) is 25.1 Å². The first-order chi connectivity index (χ1) is 10.1. The van der Waals surface area contributed by atoms with Gasteiger partial charge in [-0.1, -0.05) is 18.2 Å². The first-order valence-corrected chi connectivity index (χ1v) is 8.15. The van der Waals surface area contributed by atoms with E-state index in [9.17, 15) is 4.79 Å². The van der Waals surface area contributed by atoms with Crippen molar-refractivity contribution in [2.24, 2.45) is 0 Å². The SMILES string of the molecule is Cc1cccc2c(N)c(C(=O)NCCN(C)C3CC3)sc12. The number of nitrogens with one attached hydrogen (secondary N) is 1. The number of likely N-dealkylation sites (N-methyl/N-ethyl adjacent to an activating group) is 1. The van der Waals surface area contributed by atoms with Crippen LogP contribution in [-0.4, -0.2) is 37.0 Å². The van der Waals surface area contributed by atoms with Crippen molar-refractivity contribution in [1.29, 1.82) is 0 Å². The Morgan fingerprint density at radius 2 is 2.24 bits per heavy atom. The number of nitrogens with zero attached hydrogens (tertiary/aromatic N) is 1. The minimum absolute atomic E-state index is 0.0581. The summed E-state index contributed by atoms with van der Waals surface area (Å²) in [4.78, 5) is 15.3. The molecule has 0 bridgehead atoms. The second kappa shape index (κ2) is 5.66. The number of aryl methyl sites for hydroxylation is 1. The lowest BCUT2D eigenvalue weighted by Crippen LogP contribution is -2.33. The number of amides is 1. The predicted molar refractivity (Wildman–Crippen MR) is 89.0 cm³/mol. The lowest BCUT2D eigenvalue weighted by Gasteiger charge is -2.15. The second-order valence-corrected chi connectivity index (χ2v) is 6.78. The molecule has 1 aromatic heterocycles. The Balaban J connectivity index is 1.69. The molecule has 2 aromatic rings. The fraction of sp³-hybridized carbons (Fsp3) is 0.438. The van der Waals surface area contributed by atoms with E-state index in [-0.39, 0.29) is 5.91 Å². The Bertz CT molecular complexity index is 675. The van der Waals surface area contributed by atoms with Gasteiger partial charge in [-0.05, 0) is 32.4 Å². The molecule has 0 saturated heterocycles. The molecule has 5 heteroatoms. The first-order valence-electron chi connectivity index (χ1n) is 7.34. The molecule has 4 nitrogen and oxygen atoms in total. The van der Waals surface area contributed by atoms with Gasteiger partial charge in [-0.2, -0.15) is 0 Å². The van der Waals surface area contributed by atoms with Crippen LogP contribution in [0.1, 0.15) is 28.1 Å². The largest absolute Gasteiger partial charge is 0.397 e. The molecule has 1 aliphatic carbocycles. The number of carbonyl (C=O) groups excluding carboxylic acids is 1. The summed E-state index contributed by atoms with van der Waals surface area (Å²) in [5, 5.41) is 3.97. The summed E-state index contributed by atoms with van der Waals surface area (Å²) in [5.41, 5.74) is 7.90. The maximum absolute atomic E-state index is 12.3. The summed E-state index contributed by atoms with van der Waals surface area (Å²) in [6.07, 6.45) is 2.57. The van der Waals surface area contributed by atoms with Gasteiger partial charge in [0, 0.05) is 29.2 Å². The van der Waals surface area contributed by atoms with Gasteiger partial charge in [0.05, 0.1) is 5.69 Å². The van der Waals surface area contributed by atoms with E-state index < -0.39 is 0 Å². The van der Waals surface area contributed by atoms with Crippen LogP contribution in [0.3, 0.4) is 0 Å². The van der Waals surface area contributed by atoms with Gasteiger partial charge in [0.15, 0.2) is 0 Å². The number of anilines is 1. The molecule has 0 radical (unpaired) electrons. The smallest absolute Gasteiger partial charge is 0.263 e. The highest BCUT2D eigenvalue weighted by Gasteiger charge is 2.25. The van der Waals surface area contributed by atoms with E-state index >= 15 is 0 Å². The minimum Gasteiger partial charge on any atom is -0.397 e. The van der Waals surface area contributed by atoms with E-state index in [2.05, 4.69) is 17.3 Å². The molecule has 3 N–H and O–H groups in total. The highest BCUT2D eigenvalue weighted by Crippen LogP contribution is 2.35. The number of thiophene rings is 1. The fourth-order valence-corrected chi connectivity index (χ4v) is 3.68. The number of benzene rings is 1. The maximum atomic E-state index is 12.3. The van der Waals surface area contributed by atoms with Gasteiger partial charge in [-0.15, -0.1) is 11.3 Å². The van der Waals surface area contributed by atoms with Crippen LogP contribution in [0.25, 0.3) is 10.1 Å². The van der Waals surface area contributed by atoms with Crippen LogP contribution in [0, 0.1) is 6.92 Å². The van der Waals surface area contributed by atoms with Crippen molar-refractivity contribution in [2.75, 3.05) is 25.9 Å². The zero-order valence-corrected chi connectivity index (χ0v) is 13.3. The lowest BCUT2D eigenvalue weighted by molar-refractivity contribution is 0.0954. The molecule has 1 amide bonds. The van der Waals surface area contributed by atoms with Crippen molar-refractivity contribution in [3.05, 3.63) is 28.6 Å². The van der Waals surface area contributed by atoms with Gasteiger partial charge in [0.25, 0.3) is 5.91 Å². The number of rotatable bonds is 5. The van der Waals surface area contributed by atoms with Gasteiger partial charge in [-0.3, -0.25) is 4.79 Å². The molecule has 1 fully saturated rings. The molecule has 0 aliphatic heterocycles. The molecule has 1 heterocycles. The Morgan fingerprint density at radius 3 is 2.90 bits per heavy atom. The Morgan fingerprint density at radius 1 is 1.48 bits per heavy atom. The number of nitrogens with two attached hydrogens (primary N) is 1. The number of nitrogen functional groups attached to an aromatic ring is 1. The summed E-state index contributed by atoms with van der Waals surface area (Å²) in [5.74, 6) is -0.0581. The molecule has 1 saturated carbocycles. The molecule has 1 aliphatic rings. The van der Waals surface area contributed by atoms with Gasteiger partial charge in [0.2, 0.25) is 0 Å². The molecule has 0 unspecified atom stereocenters. The summed E-state index contributed by atoms with van der Waals surface area (Å²) >= 11 is 1.49. The standard InChI is InChI=1S/C16H21N3OS/c1-10-4-3-5-12-13(17)15(21-14(10)12)16(20)18-8-9-19(2)11-6-7-11/h3-5,11H,6-9,17H2,1-2H3,(H,18,20). The van der Waals surface area contributed by atoms with E-state index in [0.29, 0.717) is 17.1 Å². The van der Waals surface area contributed by atoms with Crippen LogP contribution in [-0.2, 0) is 0 Å². The molecule has 21 heavy (non-hydrogen) atoms. The van der Waals surface area contributed by atoms with E-state index in [4.69, 9.17) is 5.73 Å². The first kappa shape index (κ1) is 14.4. The van der Waals surface area contributed by atoms with Crippen molar-refractivity contribution >= 4 is 33.0 Å². The van der Waals surface area contributed by atoms with Gasteiger partial charge in [-0.25, -0.2) is 0 Å². The average Bonchev–Trinajstić information content (AvgIpc) is 3.25. The van der Waals surface area contributed by atoms with Crippen molar-refractivity contribution in [3.63, 3.8) is 0 Å². The van der Waals surface area contributed by atoms with Crippen molar-refractivity contribution in [3.8, 4) is 0 Å². The monoisotopic (exact) mass is 303 g/mol. The molecule has 0 spiro atoms. The number of fused-ring (bicyclic) bond motifs is 1. The molecular weight excluding hydrogens is 282 g/mol. The van der Waals surface area contributed by atoms with Crippen molar-refractivity contribution in [2.45, 2.75) is 25.8 Å². The van der Waals surface area contributed by atoms with Gasteiger partial charge >= 0.3 is 0 Å². The zero-order valence-electron chi connectivity index (χ0n) is 12.5. The van der Waals surface area contributed by atoms with Crippen molar-refractivity contribution < 1.29 is 4.79 Å². The van der Waals surface area contributed by atoms with Crippen molar-refractivity contribution in [1.82, 2.24) is 10.2 Å². The lowest BCUT2D eigenvalue weighted by atomic mass is 10.1. The van der Waals surface area contributed by atoms with Crippen LogP contribution >= 0.6 is 11.3 Å². The topological polar surface area (TPSA) is 58.4 Å². The van der Waals surface area contributed by atoms with Crippen LogP contribution in [0.15, 0.2) is 18.2 Å². The summed E-state index contributed by atoms with van der Waals surface area (Å²) in [6, 6.07) is 6.72. The molecule has 1 aromatic carbocycles. The van der Waals surface area contributed by atoms with E-state index in [1.54, 1.807) is 0 Å². The second-order valence-electron chi connectivity index (χ2n) is 5.76. The van der Waals surface area contributed by atoms with E-state index in [0.717, 1.165) is 28.2 Å². The quantitative estimate of drug-likeness (QED) is 0.892. The highest BCUT2D eigenvalue weighted by molar-refractivity contribution is 7.21. The van der Waals surface area contributed by atoms with Gasteiger partial charge in [0.1, 0.15) is 4.88 Å². The third-order valence-electron chi connectivity index (χ3n) is 4.08. The minimum atomic E-state index is -0.0581. The Labute approximate surface area is 128 Å². The Kier molecular flexibility index (Phi) is 3.87. The molecular formula is C16H21N3OS. The van der Waals surface area contributed by atoms with E-state index in [1.165, 1.54) is 24.2 Å². The molecule has 3 rings (SSSR count). The van der Waals surface area contributed by atoms with Crippen LogP contribution in [0.2, 0.25) is 0 Å². The normalized spacial score (nSPS) is 14.8. The number of hydrogen-bond acceptors (Lipinski definition) is 4. The Hall–Kier alpha value is -1.59. The fourth-order valence-electron chi connectivity index (χ4n) is 2.57.